The molecule has 0 radical (unpaired) electrons. The summed E-state index contributed by atoms with van der Waals surface area (Å²) in [7, 11) is 0. The van der Waals surface area contributed by atoms with Gasteiger partial charge in [0.05, 0.1) is 5.52 Å². The first-order valence-corrected chi connectivity index (χ1v) is 7.11. The largest absolute Gasteiger partial charge is 0.416 e. The molecule has 104 valence electrons. The molecule has 2 aromatic heterocycles. The van der Waals surface area contributed by atoms with Gasteiger partial charge in [0.25, 0.3) is 0 Å². The number of para-hydroxylation sites is 1. The second-order valence-corrected chi connectivity index (χ2v) is 5.29. The van der Waals surface area contributed by atoms with Crippen LogP contribution in [0.4, 0.5) is 11.4 Å². The number of hydrogen-bond acceptors (Lipinski definition) is 4. The van der Waals surface area contributed by atoms with Gasteiger partial charge in [-0.15, -0.1) is 0 Å². The van der Waals surface area contributed by atoms with E-state index in [4.69, 9.17) is 4.74 Å². The van der Waals surface area contributed by atoms with Gasteiger partial charge in [-0.1, -0.05) is 42.5 Å². The van der Waals surface area contributed by atoms with Crippen molar-refractivity contribution in [3.8, 4) is 11.8 Å². The minimum absolute atomic E-state index is 0.564. The Morgan fingerprint density at radius 3 is 2.64 bits per heavy atom. The number of anilines is 2. The zero-order valence-corrected chi connectivity index (χ0v) is 11.6. The van der Waals surface area contributed by atoms with Crippen molar-refractivity contribution in [3.05, 3.63) is 60.8 Å². The summed E-state index contributed by atoms with van der Waals surface area (Å²) < 4.78 is 5.91. The van der Waals surface area contributed by atoms with E-state index in [1.165, 1.54) is 0 Å². The Labute approximate surface area is 126 Å². The number of rotatable bonds is 0. The molecule has 4 nitrogen and oxygen atoms in total. The van der Waals surface area contributed by atoms with Crippen LogP contribution in [0.3, 0.4) is 0 Å². The summed E-state index contributed by atoms with van der Waals surface area (Å²) >= 11 is 0. The van der Waals surface area contributed by atoms with Crippen LogP contribution in [0.25, 0.3) is 21.7 Å². The molecule has 0 saturated carbocycles. The van der Waals surface area contributed by atoms with E-state index in [9.17, 15) is 0 Å². The highest BCUT2D eigenvalue weighted by Crippen LogP contribution is 2.43. The van der Waals surface area contributed by atoms with Gasteiger partial charge in [0.15, 0.2) is 0 Å². The molecule has 0 unspecified atom stereocenters. The second kappa shape index (κ2) is 4.18. The summed E-state index contributed by atoms with van der Waals surface area (Å²) in [5.74, 6) is 1.13. The molecule has 5 rings (SSSR count). The number of aromatic nitrogens is 2. The molecule has 1 N–H and O–H groups in total. The summed E-state index contributed by atoms with van der Waals surface area (Å²) in [5, 5.41) is 6.67. The Morgan fingerprint density at radius 2 is 1.68 bits per heavy atom. The lowest BCUT2D eigenvalue weighted by Gasteiger charge is -2.21. The highest BCUT2D eigenvalue weighted by molar-refractivity contribution is 5.99. The van der Waals surface area contributed by atoms with Crippen molar-refractivity contribution >= 4 is 33.1 Å². The van der Waals surface area contributed by atoms with Crippen LogP contribution in [0.15, 0.2) is 60.8 Å². The zero-order chi connectivity index (χ0) is 14.5. The third-order valence-electron chi connectivity index (χ3n) is 3.91. The molecule has 1 aliphatic rings. The maximum Gasteiger partial charge on any atom is 0.245 e. The average molecular weight is 285 g/mol. The minimum Gasteiger partial charge on any atom is -0.416 e. The van der Waals surface area contributed by atoms with E-state index in [2.05, 4.69) is 27.4 Å². The molecule has 0 fully saturated rings. The Hall–Kier alpha value is -3.14. The maximum atomic E-state index is 5.91. The van der Waals surface area contributed by atoms with Gasteiger partial charge in [-0.25, -0.2) is 9.97 Å². The first-order chi connectivity index (χ1) is 10.9. The summed E-state index contributed by atoms with van der Waals surface area (Å²) in [6.45, 7) is 0. The lowest BCUT2D eigenvalue weighted by atomic mass is 10.1. The molecule has 4 heteroatoms. The van der Waals surface area contributed by atoms with Crippen molar-refractivity contribution < 1.29 is 4.74 Å². The van der Waals surface area contributed by atoms with Crippen molar-refractivity contribution in [1.82, 2.24) is 9.97 Å². The molecule has 22 heavy (non-hydrogen) atoms. The van der Waals surface area contributed by atoms with Crippen LogP contribution < -0.4 is 10.1 Å². The van der Waals surface area contributed by atoms with Crippen molar-refractivity contribution in [2.45, 2.75) is 0 Å². The fourth-order valence-corrected chi connectivity index (χ4v) is 2.84. The van der Waals surface area contributed by atoms with Crippen LogP contribution in [0.1, 0.15) is 0 Å². The number of ether oxygens (including phenoxy) is 1. The molecule has 0 bridgehead atoms. The maximum absolute atomic E-state index is 5.91. The fourth-order valence-electron chi connectivity index (χ4n) is 2.84. The number of nitrogens with one attached hydrogen (secondary N) is 1. The van der Waals surface area contributed by atoms with E-state index < -0.39 is 0 Å². The van der Waals surface area contributed by atoms with Gasteiger partial charge >= 0.3 is 0 Å². The van der Waals surface area contributed by atoms with Crippen LogP contribution in [-0.2, 0) is 0 Å². The van der Waals surface area contributed by atoms with Crippen molar-refractivity contribution in [1.29, 1.82) is 0 Å². The Bertz CT molecular complexity index is 1040. The third kappa shape index (κ3) is 1.58. The van der Waals surface area contributed by atoms with Gasteiger partial charge in [-0.05, 0) is 12.1 Å². The minimum atomic E-state index is 0.564. The smallest absolute Gasteiger partial charge is 0.245 e. The van der Waals surface area contributed by atoms with Gasteiger partial charge in [-0.2, -0.15) is 0 Å². The Kier molecular flexibility index (Phi) is 2.19. The number of nitrogens with zero attached hydrogens (tertiary/aromatic N) is 2. The highest BCUT2D eigenvalue weighted by atomic mass is 16.5. The van der Waals surface area contributed by atoms with Gasteiger partial charge in [0.1, 0.15) is 11.4 Å². The van der Waals surface area contributed by atoms with Crippen LogP contribution in [0, 0.1) is 0 Å². The molecule has 0 aliphatic carbocycles. The lowest BCUT2D eigenvalue weighted by Crippen LogP contribution is -2.06. The molecule has 0 amide bonds. The Balaban J connectivity index is 1.75. The summed E-state index contributed by atoms with van der Waals surface area (Å²) in [4.78, 5) is 8.97. The quantitative estimate of drug-likeness (QED) is 0.450. The average Bonchev–Trinajstić information content (AvgIpc) is 2.58. The normalized spacial score (nSPS) is 12.4. The standard InChI is InChI=1S/C18H11N3O/c1-3-7-13-12(6-1)10-19-18-16(13)20-15-9-11-5-2-4-8-14(11)21-17(15)22-18/h1-10,20H. The molecule has 3 heterocycles. The zero-order valence-electron chi connectivity index (χ0n) is 11.6. The number of fused-ring (bicyclic) bond motifs is 5. The predicted octanol–water partition coefficient (Wildman–Crippen LogP) is 4.63. The van der Waals surface area contributed by atoms with Crippen LogP contribution >= 0.6 is 0 Å². The van der Waals surface area contributed by atoms with Gasteiger partial charge in [0.2, 0.25) is 11.8 Å². The van der Waals surface area contributed by atoms with Gasteiger partial charge < -0.3 is 10.1 Å². The molecule has 2 aromatic carbocycles. The summed E-state index contributed by atoms with van der Waals surface area (Å²) in [6, 6.07) is 18.2. The third-order valence-corrected chi connectivity index (χ3v) is 3.91. The van der Waals surface area contributed by atoms with Crippen molar-refractivity contribution in [2.24, 2.45) is 0 Å². The lowest BCUT2D eigenvalue weighted by molar-refractivity contribution is 0.446. The fraction of sp³-hybridized carbons (Fsp3) is 0. The van der Waals surface area contributed by atoms with E-state index in [-0.39, 0.29) is 0 Å². The first-order valence-electron chi connectivity index (χ1n) is 7.11. The van der Waals surface area contributed by atoms with E-state index in [0.717, 1.165) is 33.1 Å². The van der Waals surface area contributed by atoms with Crippen LogP contribution in [0.2, 0.25) is 0 Å². The molecule has 0 atom stereocenters. The molecule has 1 aliphatic heterocycles. The highest BCUT2D eigenvalue weighted by Gasteiger charge is 2.21. The topological polar surface area (TPSA) is 47.0 Å². The van der Waals surface area contributed by atoms with E-state index in [1.807, 2.05) is 48.7 Å². The molecular weight excluding hydrogens is 274 g/mol. The van der Waals surface area contributed by atoms with Crippen LogP contribution in [-0.4, -0.2) is 9.97 Å². The Morgan fingerprint density at radius 1 is 0.864 bits per heavy atom. The number of benzene rings is 2. The molecule has 4 aromatic rings. The molecule has 0 spiro atoms. The van der Waals surface area contributed by atoms with E-state index in [0.29, 0.717) is 11.8 Å². The summed E-state index contributed by atoms with van der Waals surface area (Å²) in [6.07, 6.45) is 1.82. The van der Waals surface area contributed by atoms with Gasteiger partial charge in [0, 0.05) is 22.4 Å². The number of pyridine rings is 2. The monoisotopic (exact) mass is 285 g/mol. The SMILES string of the molecule is c1ccc2nc3c(cc2c1)Nc1c(ncc2ccccc12)O3. The van der Waals surface area contributed by atoms with Gasteiger partial charge in [-0.3, -0.25) is 0 Å². The van der Waals surface area contributed by atoms with E-state index >= 15 is 0 Å². The number of hydrogen-bond donors (Lipinski definition) is 1. The summed E-state index contributed by atoms with van der Waals surface area (Å²) in [5.41, 5.74) is 2.67. The van der Waals surface area contributed by atoms with Crippen LogP contribution in [0.5, 0.6) is 11.8 Å². The molecule has 0 saturated heterocycles. The molecular formula is C18H11N3O. The predicted molar refractivity (Wildman–Crippen MR) is 86.8 cm³/mol. The van der Waals surface area contributed by atoms with E-state index in [1.54, 1.807) is 0 Å². The van der Waals surface area contributed by atoms with Crippen molar-refractivity contribution in [3.63, 3.8) is 0 Å². The van der Waals surface area contributed by atoms with Crippen molar-refractivity contribution in [2.75, 3.05) is 5.32 Å². The first kappa shape index (κ1) is 11.5. The second-order valence-electron chi connectivity index (χ2n) is 5.29.